The molecular weight excluding hydrogens is 502 g/mol. The van der Waals surface area contributed by atoms with Crippen LogP contribution in [-0.4, -0.2) is 57.3 Å². The summed E-state index contributed by atoms with van der Waals surface area (Å²) >= 11 is 0. The number of nitrogens with zero attached hydrogens (tertiary/aromatic N) is 4. The SMILES string of the molecule is CCCCc1[nH]c(=O)c(-c2nnc(CN(C)C(=O)Cc3ccncc3)o2)c(O)c1-c1c(OC)cccc1OC. The minimum Gasteiger partial charge on any atom is -0.506 e. The Labute approximate surface area is 225 Å². The van der Waals surface area contributed by atoms with Gasteiger partial charge in [-0.3, -0.25) is 14.6 Å². The number of aromatic amines is 1. The van der Waals surface area contributed by atoms with Gasteiger partial charge >= 0.3 is 0 Å². The van der Waals surface area contributed by atoms with Crippen molar-refractivity contribution in [2.45, 2.75) is 39.2 Å². The van der Waals surface area contributed by atoms with Crippen LogP contribution in [0.25, 0.3) is 22.6 Å². The van der Waals surface area contributed by atoms with Crippen molar-refractivity contribution in [3.05, 3.63) is 70.2 Å². The average molecular weight is 534 g/mol. The lowest BCUT2D eigenvalue weighted by molar-refractivity contribution is -0.130. The first-order valence-electron chi connectivity index (χ1n) is 12.5. The van der Waals surface area contributed by atoms with E-state index >= 15 is 0 Å². The monoisotopic (exact) mass is 533 g/mol. The van der Waals surface area contributed by atoms with Gasteiger partial charge in [-0.2, -0.15) is 0 Å². The minimum absolute atomic E-state index is 0.0252. The molecule has 0 bridgehead atoms. The summed E-state index contributed by atoms with van der Waals surface area (Å²) in [5.41, 5.74) is 1.46. The van der Waals surface area contributed by atoms with E-state index in [0.29, 0.717) is 34.7 Å². The van der Waals surface area contributed by atoms with Gasteiger partial charge in [-0.15, -0.1) is 10.2 Å². The lowest BCUT2D eigenvalue weighted by Crippen LogP contribution is -2.27. The van der Waals surface area contributed by atoms with Crippen LogP contribution in [0.4, 0.5) is 0 Å². The van der Waals surface area contributed by atoms with E-state index in [0.717, 1.165) is 18.4 Å². The highest BCUT2D eigenvalue weighted by molar-refractivity contribution is 5.87. The zero-order chi connectivity index (χ0) is 27.9. The number of nitrogens with one attached hydrogen (secondary N) is 1. The zero-order valence-electron chi connectivity index (χ0n) is 22.4. The van der Waals surface area contributed by atoms with Gasteiger partial charge in [0.25, 0.3) is 11.4 Å². The zero-order valence-corrected chi connectivity index (χ0v) is 22.4. The van der Waals surface area contributed by atoms with E-state index in [1.54, 1.807) is 49.8 Å². The number of amides is 1. The Morgan fingerprint density at radius 1 is 1.05 bits per heavy atom. The molecule has 1 aromatic carbocycles. The number of rotatable bonds is 11. The molecule has 39 heavy (non-hydrogen) atoms. The Kier molecular flexibility index (Phi) is 8.60. The van der Waals surface area contributed by atoms with Gasteiger partial charge in [0.1, 0.15) is 22.8 Å². The Morgan fingerprint density at radius 2 is 1.74 bits per heavy atom. The summed E-state index contributed by atoms with van der Waals surface area (Å²) in [6.07, 6.45) is 5.61. The lowest BCUT2D eigenvalue weighted by Gasteiger charge is -2.18. The van der Waals surface area contributed by atoms with E-state index in [2.05, 4.69) is 20.2 Å². The molecule has 11 nitrogen and oxygen atoms in total. The van der Waals surface area contributed by atoms with E-state index in [1.165, 1.54) is 19.1 Å². The van der Waals surface area contributed by atoms with E-state index < -0.39 is 5.56 Å². The van der Waals surface area contributed by atoms with Crippen molar-refractivity contribution in [1.29, 1.82) is 0 Å². The molecule has 3 aromatic heterocycles. The van der Waals surface area contributed by atoms with Gasteiger partial charge < -0.3 is 28.9 Å². The summed E-state index contributed by atoms with van der Waals surface area (Å²) < 4.78 is 16.9. The van der Waals surface area contributed by atoms with E-state index in [1.807, 2.05) is 6.92 Å². The number of aromatic hydroxyl groups is 1. The topological polar surface area (TPSA) is 144 Å². The highest BCUT2D eigenvalue weighted by atomic mass is 16.5. The molecule has 4 rings (SSSR count). The molecule has 0 unspecified atom stereocenters. The predicted octanol–water partition coefficient (Wildman–Crippen LogP) is 3.75. The number of carbonyl (C=O) groups excluding carboxylic acids is 1. The first-order chi connectivity index (χ1) is 18.9. The number of aryl methyl sites for hydroxylation is 1. The van der Waals surface area contributed by atoms with E-state index in [4.69, 9.17) is 13.9 Å². The van der Waals surface area contributed by atoms with Gasteiger partial charge in [0.2, 0.25) is 11.8 Å². The van der Waals surface area contributed by atoms with Crippen molar-refractivity contribution < 1.29 is 23.8 Å². The number of H-pyrrole nitrogens is 1. The maximum Gasteiger partial charge on any atom is 0.264 e. The van der Waals surface area contributed by atoms with Crippen molar-refractivity contribution in [2.75, 3.05) is 21.3 Å². The van der Waals surface area contributed by atoms with Crippen molar-refractivity contribution in [2.24, 2.45) is 0 Å². The number of benzene rings is 1. The third-order valence-electron chi connectivity index (χ3n) is 6.31. The largest absolute Gasteiger partial charge is 0.506 e. The number of unbranched alkanes of at least 4 members (excludes halogenated alkanes) is 1. The molecule has 3 heterocycles. The molecule has 0 saturated heterocycles. The molecule has 0 aliphatic rings. The van der Waals surface area contributed by atoms with Gasteiger partial charge in [0.15, 0.2) is 0 Å². The number of methoxy groups -OCH3 is 2. The maximum atomic E-state index is 13.2. The number of likely N-dealkylation sites (N-methyl/N-ethyl adjacent to an activating group) is 1. The first kappa shape index (κ1) is 27.4. The molecule has 11 heteroatoms. The minimum atomic E-state index is -0.575. The van der Waals surface area contributed by atoms with Gasteiger partial charge in [-0.05, 0) is 42.7 Å². The van der Waals surface area contributed by atoms with Gasteiger partial charge in [-0.25, -0.2) is 0 Å². The highest BCUT2D eigenvalue weighted by Gasteiger charge is 2.27. The number of pyridine rings is 2. The smallest absolute Gasteiger partial charge is 0.264 e. The Hall–Kier alpha value is -4.67. The van der Waals surface area contributed by atoms with Gasteiger partial charge in [0.05, 0.1) is 38.3 Å². The molecule has 0 fully saturated rings. The lowest BCUT2D eigenvalue weighted by atomic mass is 9.96. The fraction of sp³-hybridized carbons (Fsp3) is 0.321. The van der Waals surface area contributed by atoms with Crippen LogP contribution in [0, 0.1) is 0 Å². The van der Waals surface area contributed by atoms with Crippen molar-refractivity contribution in [1.82, 2.24) is 25.1 Å². The van der Waals surface area contributed by atoms with E-state index in [-0.39, 0.29) is 42.0 Å². The number of carbonyl (C=O) groups is 1. The van der Waals surface area contributed by atoms with Crippen LogP contribution in [0.5, 0.6) is 17.2 Å². The molecule has 0 spiro atoms. The van der Waals surface area contributed by atoms with Crippen LogP contribution < -0.4 is 15.0 Å². The molecule has 204 valence electrons. The van der Waals surface area contributed by atoms with Crippen molar-refractivity contribution in [3.63, 3.8) is 0 Å². The number of aromatic nitrogens is 4. The third kappa shape index (κ3) is 5.92. The summed E-state index contributed by atoms with van der Waals surface area (Å²) in [6, 6.07) is 8.80. The first-order valence-corrected chi connectivity index (χ1v) is 12.5. The Bertz CT molecular complexity index is 1480. The molecule has 0 aliphatic heterocycles. The third-order valence-corrected chi connectivity index (χ3v) is 6.31. The van der Waals surface area contributed by atoms with Crippen molar-refractivity contribution in [3.8, 4) is 39.8 Å². The molecule has 0 saturated carbocycles. The molecular formula is C28H31N5O6. The van der Waals surface area contributed by atoms with Crippen LogP contribution in [-0.2, 0) is 24.2 Å². The van der Waals surface area contributed by atoms with Gasteiger partial charge in [-0.1, -0.05) is 19.4 Å². The number of hydrogen-bond donors (Lipinski definition) is 2. The summed E-state index contributed by atoms with van der Waals surface area (Å²) in [5, 5.41) is 19.5. The second-order valence-electron chi connectivity index (χ2n) is 8.96. The van der Waals surface area contributed by atoms with Crippen LogP contribution >= 0.6 is 0 Å². The summed E-state index contributed by atoms with van der Waals surface area (Å²) in [5.74, 6) is 0.371. The second kappa shape index (κ2) is 12.2. The fourth-order valence-electron chi connectivity index (χ4n) is 4.26. The molecule has 2 N–H and O–H groups in total. The van der Waals surface area contributed by atoms with Crippen molar-refractivity contribution >= 4 is 5.91 Å². The molecule has 0 atom stereocenters. The maximum absolute atomic E-state index is 13.2. The quantitative estimate of drug-likeness (QED) is 0.294. The highest BCUT2D eigenvalue weighted by Crippen LogP contribution is 2.46. The van der Waals surface area contributed by atoms with Crippen LogP contribution in [0.2, 0.25) is 0 Å². The van der Waals surface area contributed by atoms with Crippen LogP contribution in [0.1, 0.15) is 36.9 Å². The van der Waals surface area contributed by atoms with Crippen LogP contribution in [0.15, 0.2) is 51.9 Å². The summed E-state index contributed by atoms with van der Waals surface area (Å²) in [4.78, 5) is 34.1. The molecule has 4 aromatic rings. The average Bonchev–Trinajstić information content (AvgIpc) is 3.39. The van der Waals surface area contributed by atoms with Crippen LogP contribution in [0.3, 0.4) is 0 Å². The van der Waals surface area contributed by atoms with Gasteiger partial charge in [0, 0.05) is 25.1 Å². The predicted molar refractivity (Wildman–Crippen MR) is 144 cm³/mol. The Balaban J connectivity index is 1.72. The summed E-state index contributed by atoms with van der Waals surface area (Å²) in [6.45, 7) is 2.06. The molecule has 0 radical (unpaired) electrons. The number of hydrogen-bond acceptors (Lipinski definition) is 9. The Morgan fingerprint density at radius 3 is 2.38 bits per heavy atom. The standard InChI is InChI=1S/C28H31N5O6/c1-5-6-8-18-23(24-19(37-3)9-7-10-20(24)38-4)26(35)25(27(36)30-18)28-32-31-21(39-28)16-33(2)22(34)15-17-11-13-29-14-12-17/h7,9-14H,5-6,8,15-16H2,1-4H3,(H2,30,35,36). The summed E-state index contributed by atoms with van der Waals surface area (Å²) in [7, 11) is 4.65. The molecule has 0 aliphatic carbocycles. The van der Waals surface area contributed by atoms with E-state index in [9.17, 15) is 14.7 Å². The molecule has 1 amide bonds. The second-order valence-corrected chi connectivity index (χ2v) is 8.96. The number of ether oxygens (including phenoxy) is 2. The fourth-order valence-corrected chi connectivity index (χ4v) is 4.26. The normalized spacial score (nSPS) is 10.9.